The molecule has 0 heterocycles. The van der Waals surface area contributed by atoms with Crippen molar-refractivity contribution in [2.24, 2.45) is 0 Å². The topological polar surface area (TPSA) is 79.2 Å². The monoisotopic (exact) mass is 196 g/mol. The van der Waals surface area contributed by atoms with Crippen LogP contribution in [0.2, 0.25) is 0 Å². The molecular weight excluding hydrogens is 180 g/mol. The van der Waals surface area contributed by atoms with Crippen LogP contribution in [0, 0.1) is 0 Å². The number of ether oxygens (including phenoxy) is 1. The normalized spacial score (nSPS) is 14.8. The Labute approximate surface area is 73.0 Å². The van der Waals surface area contributed by atoms with Gasteiger partial charge in [0.25, 0.3) is 0 Å². The molecule has 0 aliphatic heterocycles. The molecule has 0 fully saturated rings. The van der Waals surface area contributed by atoms with Gasteiger partial charge >= 0.3 is 9.05 Å². The first kappa shape index (κ1) is 12.0. The Balaban J connectivity index is 3.77. The summed E-state index contributed by atoms with van der Waals surface area (Å²) < 4.78 is 9.49. The van der Waals surface area contributed by atoms with Crippen LogP contribution in [0.5, 0.6) is 0 Å². The van der Waals surface area contributed by atoms with E-state index < -0.39 is 15.3 Å². The van der Waals surface area contributed by atoms with E-state index in [0.717, 1.165) is 6.42 Å². The molecule has 5 nitrogen and oxygen atoms in total. The van der Waals surface area contributed by atoms with Crippen LogP contribution in [0.15, 0.2) is 0 Å². The molecule has 0 aromatic carbocycles. The SMILES string of the molecule is CCCC(OCC)O[Si](O)(O)O. The van der Waals surface area contributed by atoms with Crippen molar-refractivity contribution in [1.29, 1.82) is 0 Å². The minimum Gasteiger partial charge on any atom is -0.368 e. The van der Waals surface area contributed by atoms with E-state index in [9.17, 15) is 0 Å². The molecule has 0 aromatic heterocycles. The standard InChI is InChI=1S/C6H16O5Si/c1-3-5-6(10-4-2)11-12(7,8)9/h6-9H,3-5H2,1-2H3. The van der Waals surface area contributed by atoms with Gasteiger partial charge < -0.3 is 23.5 Å². The Hall–Kier alpha value is 0.0169. The summed E-state index contributed by atoms with van der Waals surface area (Å²) in [7, 11) is -4.42. The van der Waals surface area contributed by atoms with E-state index in [4.69, 9.17) is 19.1 Å². The molecule has 0 saturated heterocycles. The van der Waals surface area contributed by atoms with E-state index in [1.54, 1.807) is 6.92 Å². The lowest BCUT2D eigenvalue weighted by Gasteiger charge is -2.20. The number of hydrogen-bond donors (Lipinski definition) is 3. The van der Waals surface area contributed by atoms with E-state index in [-0.39, 0.29) is 0 Å². The van der Waals surface area contributed by atoms with Crippen LogP contribution in [0.4, 0.5) is 0 Å². The third-order valence-electron chi connectivity index (χ3n) is 1.17. The lowest BCUT2D eigenvalue weighted by molar-refractivity contribution is -0.128. The van der Waals surface area contributed by atoms with Crippen LogP contribution in [0.1, 0.15) is 26.7 Å². The summed E-state index contributed by atoms with van der Waals surface area (Å²) in [4.78, 5) is 25.8. The number of hydrogen-bond acceptors (Lipinski definition) is 5. The Morgan fingerprint density at radius 2 is 1.83 bits per heavy atom. The third kappa shape index (κ3) is 6.71. The van der Waals surface area contributed by atoms with Crippen molar-refractivity contribution in [1.82, 2.24) is 0 Å². The van der Waals surface area contributed by atoms with Gasteiger partial charge in [-0.1, -0.05) is 13.3 Å². The molecule has 0 amide bonds. The minimum atomic E-state index is -4.42. The first-order chi connectivity index (χ1) is 5.49. The zero-order valence-corrected chi connectivity index (χ0v) is 8.36. The summed E-state index contributed by atoms with van der Waals surface area (Å²) in [6.07, 6.45) is 0.603. The Bertz CT molecular complexity index is 107. The highest BCUT2D eigenvalue weighted by molar-refractivity contribution is 6.48. The Morgan fingerprint density at radius 1 is 1.25 bits per heavy atom. The van der Waals surface area contributed by atoms with Gasteiger partial charge in [0.2, 0.25) is 0 Å². The van der Waals surface area contributed by atoms with Crippen LogP contribution in [0.3, 0.4) is 0 Å². The predicted molar refractivity (Wildman–Crippen MR) is 43.8 cm³/mol. The third-order valence-corrected chi connectivity index (χ3v) is 1.75. The first-order valence-corrected chi connectivity index (χ1v) is 5.71. The molecular formula is C6H16O5Si. The van der Waals surface area contributed by atoms with Crippen LogP contribution in [-0.2, 0) is 9.16 Å². The summed E-state index contributed by atoms with van der Waals surface area (Å²) >= 11 is 0. The van der Waals surface area contributed by atoms with Gasteiger partial charge in [0.15, 0.2) is 6.29 Å². The van der Waals surface area contributed by atoms with Crippen molar-refractivity contribution in [2.75, 3.05) is 6.61 Å². The predicted octanol–water partition coefficient (Wildman–Crippen LogP) is -0.422. The van der Waals surface area contributed by atoms with Gasteiger partial charge in [0.1, 0.15) is 0 Å². The molecule has 0 aliphatic rings. The van der Waals surface area contributed by atoms with Crippen molar-refractivity contribution in [2.45, 2.75) is 33.0 Å². The lowest BCUT2D eigenvalue weighted by atomic mass is 10.3. The molecule has 0 aliphatic carbocycles. The first-order valence-electron chi connectivity index (χ1n) is 3.96. The molecule has 74 valence electrons. The molecule has 1 atom stereocenters. The Kier molecular flexibility index (Phi) is 5.63. The van der Waals surface area contributed by atoms with E-state index in [0.29, 0.717) is 13.0 Å². The second-order valence-electron chi connectivity index (χ2n) is 2.37. The second-order valence-corrected chi connectivity index (χ2v) is 3.75. The quantitative estimate of drug-likeness (QED) is 0.397. The smallest absolute Gasteiger partial charge is 0.368 e. The van der Waals surface area contributed by atoms with E-state index in [2.05, 4.69) is 4.43 Å². The highest BCUT2D eigenvalue weighted by atomic mass is 28.4. The van der Waals surface area contributed by atoms with Gasteiger partial charge in [-0.15, -0.1) is 0 Å². The maximum atomic E-state index is 8.59. The van der Waals surface area contributed by atoms with Crippen molar-refractivity contribution < 1.29 is 23.5 Å². The van der Waals surface area contributed by atoms with Gasteiger partial charge in [-0.3, -0.25) is 0 Å². The fraction of sp³-hybridized carbons (Fsp3) is 1.00. The molecule has 1 unspecified atom stereocenters. The van der Waals surface area contributed by atoms with Crippen LogP contribution in [0.25, 0.3) is 0 Å². The van der Waals surface area contributed by atoms with Gasteiger partial charge in [-0.2, -0.15) is 0 Å². The zero-order chi connectivity index (χ0) is 9.61. The molecule has 12 heavy (non-hydrogen) atoms. The highest BCUT2D eigenvalue weighted by Gasteiger charge is 2.34. The minimum absolute atomic E-state index is 0.412. The highest BCUT2D eigenvalue weighted by Crippen LogP contribution is 2.07. The molecule has 0 bridgehead atoms. The summed E-state index contributed by atoms with van der Waals surface area (Å²) in [5.74, 6) is 0. The fourth-order valence-corrected chi connectivity index (χ4v) is 1.31. The Morgan fingerprint density at radius 3 is 2.17 bits per heavy atom. The van der Waals surface area contributed by atoms with Gasteiger partial charge in [-0.05, 0) is 13.3 Å². The lowest BCUT2D eigenvalue weighted by Crippen LogP contribution is -2.43. The maximum absolute atomic E-state index is 8.59. The molecule has 3 N–H and O–H groups in total. The van der Waals surface area contributed by atoms with Gasteiger partial charge in [-0.25, -0.2) is 0 Å². The van der Waals surface area contributed by atoms with Crippen molar-refractivity contribution in [3.05, 3.63) is 0 Å². The van der Waals surface area contributed by atoms with E-state index in [1.807, 2.05) is 6.92 Å². The van der Waals surface area contributed by atoms with Gasteiger partial charge in [0.05, 0.1) is 0 Å². The molecule has 0 spiro atoms. The van der Waals surface area contributed by atoms with Crippen LogP contribution in [-0.4, -0.2) is 36.3 Å². The average Bonchev–Trinajstić information content (AvgIpc) is 1.84. The molecule has 6 heteroatoms. The molecule has 0 saturated carbocycles. The summed E-state index contributed by atoms with van der Waals surface area (Å²) in [5, 5.41) is 0. The van der Waals surface area contributed by atoms with Crippen molar-refractivity contribution >= 4 is 9.05 Å². The molecule has 0 aromatic rings. The fourth-order valence-electron chi connectivity index (χ4n) is 0.774. The van der Waals surface area contributed by atoms with E-state index >= 15 is 0 Å². The van der Waals surface area contributed by atoms with Crippen molar-refractivity contribution in [3.8, 4) is 0 Å². The second kappa shape index (κ2) is 5.63. The molecule has 0 rings (SSSR count). The van der Waals surface area contributed by atoms with Crippen molar-refractivity contribution in [3.63, 3.8) is 0 Å². The van der Waals surface area contributed by atoms with Crippen LogP contribution < -0.4 is 0 Å². The molecule has 0 radical (unpaired) electrons. The zero-order valence-electron chi connectivity index (χ0n) is 7.36. The number of rotatable bonds is 6. The van der Waals surface area contributed by atoms with Gasteiger partial charge in [0, 0.05) is 6.61 Å². The van der Waals surface area contributed by atoms with E-state index in [1.165, 1.54) is 0 Å². The summed E-state index contributed by atoms with van der Waals surface area (Å²) in [5.41, 5.74) is 0. The summed E-state index contributed by atoms with van der Waals surface area (Å²) in [6.45, 7) is 4.08. The maximum Gasteiger partial charge on any atom is 0.673 e. The van der Waals surface area contributed by atoms with Crippen LogP contribution >= 0.6 is 0 Å². The largest absolute Gasteiger partial charge is 0.673 e. The summed E-state index contributed by atoms with van der Waals surface area (Å²) in [6, 6.07) is 0. The average molecular weight is 196 g/mol.